The summed E-state index contributed by atoms with van der Waals surface area (Å²) in [5, 5.41) is 3.64. The maximum atomic E-state index is 5.87. The van der Waals surface area contributed by atoms with Crippen molar-refractivity contribution in [2.75, 3.05) is 13.7 Å². The van der Waals surface area contributed by atoms with Crippen LogP contribution in [0.25, 0.3) is 0 Å². The van der Waals surface area contributed by atoms with Gasteiger partial charge < -0.3 is 14.5 Å². The van der Waals surface area contributed by atoms with E-state index in [1.165, 1.54) is 37.7 Å². The average Bonchev–Trinajstić information content (AvgIpc) is 2.98. The van der Waals surface area contributed by atoms with Crippen molar-refractivity contribution < 1.29 is 9.15 Å². The molecule has 1 aliphatic carbocycles. The zero-order chi connectivity index (χ0) is 13.5. The molecule has 19 heavy (non-hydrogen) atoms. The van der Waals surface area contributed by atoms with E-state index in [4.69, 9.17) is 9.15 Å². The van der Waals surface area contributed by atoms with Gasteiger partial charge in [-0.2, -0.15) is 0 Å². The molecule has 0 spiro atoms. The van der Waals surface area contributed by atoms with Crippen LogP contribution >= 0.6 is 0 Å². The summed E-state index contributed by atoms with van der Waals surface area (Å²) in [6.07, 6.45) is 11.6. The topological polar surface area (TPSA) is 34.4 Å². The second kappa shape index (κ2) is 7.71. The number of methoxy groups -OCH3 is 1. The molecule has 0 aliphatic heterocycles. The molecule has 1 fully saturated rings. The van der Waals surface area contributed by atoms with Gasteiger partial charge in [-0.1, -0.05) is 26.2 Å². The molecule has 0 saturated heterocycles. The fourth-order valence-corrected chi connectivity index (χ4v) is 3.24. The van der Waals surface area contributed by atoms with Crippen molar-refractivity contribution in [3.8, 4) is 0 Å². The molecule has 1 N–H and O–H groups in total. The van der Waals surface area contributed by atoms with Crippen molar-refractivity contribution in [3.05, 3.63) is 24.2 Å². The van der Waals surface area contributed by atoms with Gasteiger partial charge in [0.15, 0.2) is 0 Å². The molecule has 1 saturated carbocycles. The van der Waals surface area contributed by atoms with Gasteiger partial charge in [0.25, 0.3) is 0 Å². The summed E-state index contributed by atoms with van der Waals surface area (Å²) in [4.78, 5) is 0. The lowest BCUT2D eigenvalue weighted by Crippen LogP contribution is -2.39. The molecule has 1 aliphatic rings. The van der Waals surface area contributed by atoms with Crippen LogP contribution in [-0.2, 0) is 4.74 Å². The Bertz CT molecular complexity index is 331. The van der Waals surface area contributed by atoms with Crippen molar-refractivity contribution in [3.63, 3.8) is 0 Å². The van der Waals surface area contributed by atoms with Crippen molar-refractivity contribution in [2.24, 2.45) is 5.92 Å². The predicted molar refractivity (Wildman–Crippen MR) is 77.1 cm³/mol. The van der Waals surface area contributed by atoms with Crippen LogP contribution in [-0.4, -0.2) is 19.8 Å². The molecule has 3 nitrogen and oxygen atoms in total. The number of rotatable bonds is 7. The third-order valence-electron chi connectivity index (χ3n) is 4.23. The monoisotopic (exact) mass is 265 g/mol. The summed E-state index contributed by atoms with van der Waals surface area (Å²) in [5.74, 6) is 0.669. The van der Waals surface area contributed by atoms with E-state index in [1.54, 1.807) is 6.26 Å². The smallest absolute Gasteiger partial charge is 0.0951 e. The van der Waals surface area contributed by atoms with Gasteiger partial charge in [0, 0.05) is 12.7 Å². The number of ether oxygens (including phenoxy) is 1. The minimum atomic E-state index is 0.254. The van der Waals surface area contributed by atoms with Gasteiger partial charge in [-0.05, 0) is 37.8 Å². The number of nitrogens with one attached hydrogen (secondary N) is 1. The highest BCUT2D eigenvalue weighted by molar-refractivity contribution is 5.14. The van der Waals surface area contributed by atoms with Gasteiger partial charge in [0.1, 0.15) is 0 Å². The first-order chi connectivity index (χ1) is 9.36. The van der Waals surface area contributed by atoms with E-state index in [0.29, 0.717) is 5.92 Å². The van der Waals surface area contributed by atoms with E-state index < -0.39 is 0 Å². The molecule has 2 rings (SSSR count). The first kappa shape index (κ1) is 14.6. The fraction of sp³-hybridized carbons (Fsp3) is 0.750. The predicted octanol–water partition coefficient (Wildman–Crippen LogP) is 3.92. The van der Waals surface area contributed by atoms with E-state index in [1.807, 2.05) is 13.4 Å². The summed E-state index contributed by atoms with van der Waals surface area (Å²) >= 11 is 0. The fourth-order valence-electron chi connectivity index (χ4n) is 3.24. The lowest BCUT2D eigenvalue weighted by atomic mass is 9.81. The van der Waals surface area contributed by atoms with E-state index in [2.05, 4.69) is 18.3 Å². The lowest BCUT2D eigenvalue weighted by Gasteiger charge is -2.35. The van der Waals surface area contributed by atoms with Crippen LogP contribution in [0.5, 0.6) is 0 Å². The molecule has 1 aromatic heterocycles. The molecule has 0 aromatic carbocycles. The standard InChI is InChI=1S/C16H27NO2/c1-3-10-17-15(14-9-11-19-12-14)16(18-2)13-7-5-4-6-8-13/h9,11-13,15-17H,3-8,10H2,1-2H3. The first-order valence-corrected chi connectivity index (χ1v) is 7.65. The van der Waals surface area contributed by atoms with E-state index in [-0.39, 0.29) is 12.1 Å². The summed E-state index contributed by atoms with van der Waals surface area (Å²) in [6.45, 7) is 3.21. The van der Waals surface area contributed by atoms with Crippen LogP contribution in [0.3, 0.4) is 0 Å². The Balaban J connectivity index is 2.09. The molecule has 108 valence electrons. The minimum Gasteiger partial charge on any atom is -0.472 e. The third kappa shape index (κ3) is 3.83. The van der Waals surface area contributed by atoms with Gasteiger partial charge in [-0.3, -0.25) is 0 Å². The van der Waals surface area contributed by atoms with Gasteiger partial charge in [-0.25, -0.2) is 0 Å². The Kier molecular flexibility index (Phi) is 5.93. The van der Waals surface area contributed by atoms with Crippen molar-refractivity contribution in [1.29, 1.82) is 0 Å². The van der Waals surface area contributed by atoms with Gasteiger partial charge in [-0.15, -0.1) is 0 Å². The molecule has 0 radical (unpaired) electrons. The number of hydrogen-bond acceptors (Lipinski definition) is 3. The molecule has 2 atom stereocenters. The van der Waals surface area contributed by atoms with Gasteiger partial charge in [0.2, 0.25) is 0 Å². The van der Waals surface area contributed by atoms with Crippen LogP contribution in [0.2, 0.25) is 0 Å². The SMILES string of the molecule is CCCNC(c1ccoc1)C(OC)C1CCCCC1. The molecule has 1 aromatic rings. The molecule has 0 bridgehead atoms. The first-order valence-electron chi connectivity index (χ1n) is 7.65. The van der Waals surface area contributed by atoms with Crippen LogP contribution in [0, 0.1) is 5.92 Å². The normalized spacial score (nSPS) is 20.3. The lowest BCUT2D eigenvalue weighted by molar-refractivity contribution is 0.00743. The van der Waals surface area contributed by atoms with Crippen molar-refractivity contribution in [2.45, 2.75) is 57.6 Å². The molecule has 0 amide bonds. The molecular weight excluding hydrogens is 238 g/mol. The summed E-state index contributed by atoms with van der Waals surface area (Å²) in [7, 11) is 1.85. The molecule has 1 heterocycles. The quantitative estimate of drug-likeness (QED) is 0.811. The van der Waals surface area contributed by atoms with Gasteiger partial charge >= 0.3 is 0 Å². The Morgan fingerprint density at radius 2 is 2.16 bits per heavy atom. The molecule has 3 heteroatoms. The minimum absolute atomic E-state index is 0.254. The Morgan fingerprint density at radius 1 is 1.37 bits per heavy atom. The summed E-state index contributed by atoms with van der Waals surface area (Å²) < 4.78 is 11.1. The third-order valence-corrected chi connectivity index (χ3v) is 4.23. The van der Waals surface area contributed by atoms with Crippen LogP contribution in [0.1, 0.15) is 57.1 Å². The maximum absolute atomic E-state index is 5.87. The Labute approximate surface area is 116 Å². The Morgan fingerprint density at radius 3 is 2.74 bits per heavy atom. The Hall–Kier alpha value is -0.800. The highest BCUT2D eigenvalue weighted by atomic mass is 16.5. The maximum Gasteiger partial charge on any atom is 0.0951 e. The van der Waals surface area contributed by atoms with Crippen LogP contribution in [0.15, 0.2) is 23.0 Å². The number of furan rings is 1. The highest BCUT2D eigenvalue weighted by Crippen LogP contribution is 2.34. The largest absolute Gasteiger partial charge is 0.472 e. The van der Waals surface area contributed by atoms with Crippen LogP contribution in [0.4, 0.5) is 0 Å². The second-order valence-electron chi connectivity index (χ2n) is 5.59. The van der Waals surface area contributed by atoms with E-state index in [9.17, 15) is 0 Å². The second-order valence-corrected chi connectivity index (χ2v) is 5.59. The van der Waals surface area contributed by atoms with Gasteiger partial charge in [0.05, 0.1) is 24.7 Å². The van der Waals surface area contributed by atoms with Crippen LogP contribution < -0.4 is 5.32 Å². The molecular formula is C16H27NO2. The zero-order valence-corrected chi connectivity index (χ0v) is 12.2. The molecule has 2 unspecified atom stereocenters. The van der Waals surface area contributed by atoms with E-state index in [0.717, 1.165) is 13.0 Å². The number of hydrogen-bond donors (Lipinski definition) is 1. The zero-order valence-electron chi connectivity index (χ0n) is 12.2. The van der Waals surface area contributed by atoms with Crippen molar-refractivity contribution in [1.82, 2.24) is 5.32 Å². The summed E-state index contributed by atoms with van der Waals surface area (Å²) in [6, 6.07) is 2.31. The van der Waals surface area contributed by atoms with E-state index >= 15 is 0 Å². The highest BCUT2D eigenvalue weighted by Gasteiger charge is 2.31. The van der Waals surface area contributed by atoms with Crippen molar-refractivity contribution >= 4 is 0 Å². The average molecular weight is 265 g/mol. The summed E-state index contributed by atoms with van der Waals surface area (Å²) in [5.41, 5.74) is 1.21.